The van der Waals surface area contributed by atoms with Gasteiger partial charge in [-0.1, -0.05) is 24.6 Å². The van der Waals surface area contributed by atoms with Gasteiger partial charge in [-0.2, -0.15) is 0 Å². The summed E-state index contributed by atoms with van der Waals surface area (Å²) < 4.78 is 5.64. The molecule has 0 saturated heterocycles. The second-order valence-electron chi connectivity index (χ2n) is 4.58. The first-order valence-electron chi connectivity index (χ1n) is 6.90. The Balaban J connectivity index is 1.57. The van der Waals surface area contributed by atoms with Crippen LogP contribution in [0.15, 0.2) is 35.3 Å². The van der Waals surface area contributed by atoms with E-state index in [1.807, 2.05) is 30.3 Å². The average Bonchev–Trinajstić information content (AvgIpc) is 2.68. The van der Waals surface area contributed by atoms with Crippen LogP contribution in [0.2, 0.25) is 0 Å². The normalized spacial score (nSPS) is 15.7. The Hall–Kier alpha value is -1.51. The molecule has 3 nitrogen and oxygen atoms in total. The van der Waals surface area contributed by atoms with Gasteiger partial charge in [-0.15, -0.1) is 0 Å². The van der Waals surface area contributed by atoms with Crippen LogP contribution in [0.25, 0.3) is 0 Å². The highest BCUT2D eigenvalue weighted by molar-refractivity contribution is 5.82. The highest BCUT2D eigenvalue weighted by Crippen LogP contribution is 2.08. The van der Waals surface area contributed by atoms with Crippen LogP contribution in [0.5, 0.6) is 5.75 Å². The van der Waals surface area contributed by atoms with Crippen molar-refractivity contribution in [2.75, 3.05) is 19.7 Å². The van der Waals surface area contributed by atoms with E-state index in [4.69, 9.17) is 4.74 Å². The minimum Gasteiger partial charge on any atom is -0.494 e. The van der Waals surface area contributed by atoms with E-state index in [0.29, 0.717) is 0 Å². The number of amidine groups is 1. The summed E-state index contributed by atoms with van der Waals surface area (Å²) >= 11 is 0. The molecule has 1 aliphatic heterocycles. The predicted octanol–water partition coefficient (Wildman–Crippen LogP) is 3.02. The topological polar surface area (TPSA) is 33.6 Å². The molecule has 1 aliphatic rings. The van der Waals surface area contributed by atoms with Gasteiger partial charge in [0.1, 0.15) is 5.75 Å². The SMILES string of the molecule is c1ccc(OCCCNC2=NCCCCC2)cc1. The van der Waals surface area contributed by atoms with Gasteiger partial charge in [-0.3, -0.25) is 4.99 Å². The molecule has 1 aromatic rings. The van der Waals surface area contributed by atoms with Crippen LogP contribution in [0.3, 0.4) is 0 Å². The van der Waals surface area contributed by atoms with E-state index in [2.05, 4.69) is 10.3 Å². The minimum absolute atomic E-state index is 0.754. The molecule has 0 atom stereocenters. The number of para-hydroxylation sites is 1. The second-order valence-corrected chi connectivity index (χ2v) is 4.58. The lowest BCUT2D eigenvalue weighted by atomic mass is 10.2. The number of rotatable bonds is 5. The number of hydrogen-bond donors (Lipinski definition) is 1. The van der Waals surface area contributed by atoms with E-state index in [0.717, 1.165) is 38.3 Å². The largest absolute Gasteiger partial charge is 0.494 e. The summed E-state index contributed by atoms with van der Waals surface area (Å²) in [5.41, 5.74) is 0. The van der Waals surface area contributed by atoms with Gasteiger partial charge >= 0.3 is 0 Å². The molecule has 0 saturated carbocycles. The van der Waals surface area contributed by atoms with Crippen molar-refractivity contribution in [1.82, 2.24) is 5.32 Å². The van der Waals surface area contributed by atoms with Crippen LogP contribution < -0.4 is 10.1 Å². The Morgan fingerprint density at radius 1 is 1.11 bits per heavy atom. The molecule has 0 radical (unpaired) electrons. The van der Waals surface area contributed by atoms with E-state index in [-0.39, 0.29) is 0 Å². The summed E-state index contributed by atoms with van der Waals surface area (Å²) in [6.45, 7) is 2.69. The van der Waals surface area contributed by atoms with E-state index in [1.54, 1.807) is 0 Å². The van der Waals surface area contributed by atoms with Crippen LogP contribution in [-0.4, -0.2) is 25.5 Å². The van der Waals surface area contributed by atoms with Crippen molar-refractivity contribution < 1.29 is 4.74 Å². The molecule has 0 aromatic heterocycles. The predicted molar refractivity (Wildman–Crippen MR) is 75.3 cm³/mol. The summed E-state index contributed by atoms with van der Waals surface area (Å²) in [5, 5.41) is 3.42. The van der Waals surface area contributed by atoms with Crippen LogP contribution in [0.1, 0.15) is 32.1 Å². The van der Waals surface area contributed by atoms with E-state index in [1.165, 1.54) is 25.1 Å². The van der Waals surface area contributed by atoms with Gasteiger partial charge in [0.2, 0.25) is 0 Å². The third kappa shape index (κ3) is 4.78. The van der Waals surface area contributed by atoms with Crippen molar-refractivity contribution >= 4 is 5.84 Å². The van der Waals surface area contributed by atoms with E-state index >= 15 is 0 Å². The van der Waals surface area contributed by atoms with Gasteiger partial charge in [0.15, 0.2) is 0 Å². The lowest BCUT2D eigenvalue weighted by molar-refractivity contribution is 0.311. The van der Waals surface area contributed by atoms with Crippen LogP contribution in [-0.2, 0) is 0 Å². The number of hydrogen-bond acceptors (Lipinski definition) is 3. The highest BCUT2D eigenvalue weighted by Gasteiger charge is 2.02. The lowest BCUT2D eigenvalue weighted by Crippen LogP contribution is -2.25. The number of benzene rings is 1. The van der Waals surface area contributed by atoms with Crippen molar-refractivity contribution in [1.29, 1.82) is 0 Å². The number of nitrogens with zero attached hydrogens (tertiary/aromatic N) is 1. The number of ether oxygens (including phenoxy) is 1. The molecule has 0 spiro atoms. The fourth-order valence-electron chi connectivity index (χ4n) is 2.03. The molecule has 1 aromatic carbocycles. The lowest BCUT2D eigenvalue weighted by Gasteiger charge is -2.09. The third-order valence-corrected chi connectivity index (χ3v) is 3.04. The van der Waals surface area contributed by atoms with Crippen LogP contribution in [0.4, 0.5) is 0 Å². The minimum atomic E-state index is 0.754. The molecule has 18 heavy (non-hydrogen) atoms. The Kier molecular flexibility index (Phi) is 5.57. The van der Waals surface area contributed by atoms with Crippen LogP contribution in [0, 0.1) is 0 Å². The van der Waals surface area contributed by atoms with Gasteiger partial charge in [-0.25, -0.2) is 0 Å². The van der Waals surface area contributed by atoms with Crippen molar-refractivity contribution in [3.63, 3.8) is 0 Å². The first-order chi connectivity index (χ1) is 8.95. The molecule has 2 rings (SSSR count). The maximum Gasteiger partial charge on any atom is 0.119 e. The van der Waals surface area contributed by atoms with Gasteiger partial charge in [0.05, 0.1) is 12.4 Å². The van der Waals surface area contributed by atoms with Gasteiger partial charge in [0, 0.05) is 19.5 Å². The molecule has 0 bridgehead atoms. The molecule has 0 unspecified atom stereocenters. The summed E-state index contributed by atoms with van der Waals surface area (Å²) in [6, 6.07) is 9.96. The fraction of sp³-hybridized carbons (Fsp3) is 0.533. The molecule has 0 aliphatic carbocycles. The zero-order valence-electron chi connectivity index (χ0n) is 10.9. The molecular formula is C15H22N2O. The molecule has 1 heterocycles. The van der Waals surface area contributed by atoms with Gasteiger partial charge < -0.3 is 10.1 Å². The van der Waals surface area contributed by atoms with E-state index in [9.17, 15) is 0 Å². The average molecular weight is 246 g/mol. The summed E-state index contributed by atoms with van der Waals surface area (Å²) in [6.07, 6.45) is 5.94. The zero-order valence-corrected chi connectivity index (χ0v) is 10.9. The molecule has 0 fully saturated rings. The summed E-state index contributed by atoms with van der Waals surface area (Å²) in [4.78, 5) is 4.54. The monoisotopic (exact) mass is 246 g/mol. The maximum atomic E-state index is 5.64. The highest BCUT2D eigenvalue weighted by atomic mass is 16.5. The summed E-state index contributed by atoms with van der Waals surface area (Å²) in [5.74, 6) is 2.14. The molecule has 98 valence electrons. The first kappa shape index (κ1) is 12.9. The Morgan fingerprint density at radius 2 is 2.00 bits per heavy atom. The second kappa shape index (κ2) is 7.75. The maximum absolute atomic E-state index is 5.64. The molecular weight excluding hydrogens is 224 g/mol. The first-order valence-corrected chi connectivity index (χ1v) is 6.90. The quantitative estimate of drug-likeness (QED) is 0.810. The number of aliphatic imine (C=N–C) groups is 1. The van der Waals surface area contributed by atoms with Gasteiger partial charge in [0.25, 0.3) is 0 Å². The zero-order chi connectivity index (χ0) is 12.5. The van der Waals surface area contributed by atoms with Crippen molar-refractivity contribution in [2.45, 2.75) is 32.1 Å². The third-order valence-electron chi connectivity index (χ3n) is 3.04. The van der Waals surface area contributed by atoms with Crippen molar-refractivity contribution in [3.8, 4) is 5.75 Å². The molecule has 1 N–H and O–H groups in total. The smallest absolute Gasteiger partial charge is 0.119 e. The molecule has 0 amide bonds. The summed E-state index contributed by atoms with van der Waals surface area (Å²) in [7, 11) is 0. The Bertz CT molecular complexity index is 362. The van der Waals surface area contributed by atoms with Gasteiger partial charge in [-0.05, 0) is 31.4 Å². The Morgan fingerprint density at radius 3 is 2.89 bits per heavy atom. The standard InChI is InChI=1S/C15H22N2O/c1-3-8-14(9-4-1)18-13-7-12-17-15-10-5-2-6-11-16-15/h1,3-4,8-9H,2,5-7,10-13H2,(H,16,17). The van der Waals surface area contributed by atoms with Crippen molar-refractivity contribution in [2.24, 2.45) is 4.99 Å². The molecule has 3 heteroatoms. The van der Waals surface area contributed by atoms with Crippen LogP contribution >= 0.6 is 0 Å². The van der Waals surface area contributed by atoms with Crippen molar-refractivity contribution in [3.05, 3.63) is 30.3 Å². The van der Waals surface area contributed by atoms with E-state index < -0.39 is 0 Å². The Labute approximate surface area is 109 Å². The number of nitrogens with one attached hydrogen (secondary N) is 1. The fourth-order valence-corrected chi connectivity index (χ4v) is 2.03.